The van der Waals surface area contributed by atoms with E-state index in [1.807, 2.05) is 0 Å². The zero-order valence-electron chi connectivity index (χ0n) is 5.49. The Kier molecular flexibility index (Phi) is 3.35. The SMILES string of the molecule is Clc1ccc(C(Cl)(Cl)Cl)nc1Cl. The molecule has 6 heteroatoms. The molecule has 0 saturated carbocycles. The molecule has 0 amide bonds. The molecule has 0 spiro atoms. The Morgan fingerprint density at radius 2 is 1.67 bits per heavy atom. The molecule has 12 heavy (non-hydrogen) atoms. The van der Waals surface area contributed by atoms with E-state index in [1.165, 1.54) is 12.1 Å². The maximum absolute atomic E-state index is 5.61. The molecule has 1 rings (SSSR count). The van der Waals surface area contributed by atoms with Crippen molar-refractivity contribution in [2.75, 3.05) is 0 Å². The average molecular weight is 265 g/mol. The summed E-state index contributed by atoms with van der Waals surface area (Å²) in [6, 6.07) is 3.02. The number of alkyl halides is 3. The maximum Gasteiger partial charge on any atom is 0.232 e. The molecule has 1 aromatic rings. The maximum atomic E-state index is 5.61. The molecule has 0 aromatic carbocycles. The third kappa shape index (κ3) is 2.54. The van der Waals surface area contributed by atoms with Crippen LogP contribution in [0.1, 0.15) is 5.69 Å². The van der Waals surface area contributed by atoms with E-state index < -0.39 is 3.79 Å². The van der Waals surface area contributed by atoms with E-state index in [2.05, 4.69) is 4.98 Å². The Morgan fingerprint density at radius 3 is 2.08 bits per heavy atom. The average Bonchev–Trinajstić information content (AvgIpc) is 1.92. The molecule has 0 fully saturated rings. The normalized spacial score (nSPS) is 11.8. The van der Waals surface area contributed by atoms with Crippen molar-refractivity contribution < 1.29 is 0 Å². The number of hydrogen-bond donors (Lipinski definition) is 0. The van der Waals surface area contributed by atoms with Gasteiger partial charge in [-0.2, -0.15) is 0 Å². The number of aromatic nitrogens is 1. The molecule has 66 valence electrons. The molecule has 0 aliphatic carbocycles. The van der Waals surface area contributed by atoms with Gasteiger partial charge in [-0.3, -0.25) is 0 Å². The zero-order chi connectivity index (χ0) is 9.35. The fraction of sp³-hybridized carbons (Fsp3) is 0.167. The van der Waals surface area contributed by atoms with Crippen LogP contribution in [-0.2, 0) is 3.79 Å². The van der Waals surface area contributed by atoms with E-state index in [0.29, 0.717) is 5.02 Å². The lowest BCUT2D eigenvalue weighted by atomic mass is 10.4. The fourth-order valence-corrected chi connectivity index (χ4v) is 1.15. The molecule has 0 atom stereocenters. The van der Waals surface area contributed by atoms with Gasteiger partial charge in [0.2, 0.25) is 3.79 Å². The van der Waals surface area contributed by atoms with Crippen LogP contribution in [0.4, 0.5) is 0 Å². The highest BCUT2D eigenvalue weighted by Gasteiger charge is 2.25. The summed E-state index contributed by atoms with van der Waals surface area (Å²) in [4.78, 5) is 3.78. The van der Waals surface area contributed by atoms with Gasteiger partial charge in [0.1, 0.15) is 5.15 Å². The quantitative estimate of drug-likeness (QED) is 0.505. The first kappa shape index (κ1) is 10.7. The predicted molar refractivity (Wildman–Crippen MR) is 53.5 cm³/mol. The van der Waals surface area contributed by atoms with Crippen molar-refractivity contribution in [3.63, 3.8) is 0 Å². The molecule has 0 aliphatic heterocycles. The van der Waals surface area contributed by atoms with Crippen molar-refractivity contribution in [1.29, 1.82) is 0 Å². The minimum absolute atomic E-state index is 0.125. The molecule has 0 N–H and O–H groups in total. The van der Waals surface area contributed by atoms with E-state index in [0.717, 1.165) is 0 Å². The molecule has 1 heterocycles. The highest BCUT2D eigenvalue weighted by atomic mass is 35.6. The first-order valence-electron chi connectivity index (χ1n) is 2.80. The molecule has 0 bridgehead atoms. The van der Waals surface area contributed by atoms with Gasteiger partial charge in [-0.25, -0.2) is 4.98 Å². The van der Waals surface area contributed by atoms with Crippen molar-refractivity contribution >= 4 is 58.0 Å². The summed E-state index contributed by atoms with van der Waals surface area (Å²) < 4.78 is -1.56. The lowest BCUT2D eigenvalue weighted by molar-refractivity contribution is 1.09. The van der Waals surface area contributed by atoms with Crippen LogP contribution in [-0.4, -0.2) is 4.98 Å². The number of rotatable bonds is 0. The van der Waals surface area contributed by atoms with Gasteiger partial charge in [-0.05, 0) is 12.1 Å². The summed E-state index contributed by atoms with van der Waals surface area (Å²) in [5, 5.41) is 0.454. The van der Waals surface area contributed by atoms with E-state index in [4.69, 9.17) is 58.0 Å². The van der Waals surface area contributed by atoms with Crippen LogP contribution in [0.2, 0.25) is 10.2 Å². The van der Waals surface area contributed by atoms with Crippen LogP contribution in [0.5, 0.6) is 0 Å². The van der Waals surface area contributed by atoms with Crippen LogP contribution >= 0.6 is 58.0 Å². The van der Waals surface area contributed by atoms with E-state index >= 15 is 0 Å². The summed E-state index contributed by atoms with van der Waals surface area (Å²) in [6.07, 6.45) is 0. The van der Waals surface area contributed by atoms with Gasteiger partial charge in [0, 0.05) is 0 Å². The van der Waals surface area contributed by atoms with Gasteiger partial charge in [-0.1, -0.05) is 58.0 Å². The first-order valence-corrected chi connectivity index (χ1v) is 4.69. The summed E-state index contributed by atoms with van der Waals surface area (Å²) in [6.45, 7) is 0. The molecule has 0 radical (unpaired) electrons. The van der Waals surface area contributed by atoms with E-state index in [-0.39, 0.29) is 10.8 Å². The van der Waals surface area contributed by atoms with Gasteiger partial charge in [0.15, 0.2) is 0 Å². The first-order chi connectivity index (χ1) is 5.41. The highest BCUT2D eigenvalue weighted by molar-refractivity contribution is 6.66. The van der Waals surface area contributed by atoms with Gasteiger partial charge in [0.05, 0.1) is 10.7 Å². The Morgan fingerprint density at radius 1 is 1.08 bits per heavy atom. The molecular weight excluding hydrogens is 263 g/mol. The van der Waals surface area contributed by atoms with Gasteiger partial charge >= 0.3 is 0 Å². The molecule has 1 aromatic heterocycles. The smallest absolute Gasteiger partial charge is 0.232 e. The van der Waals surface area contributed by atoms with Crippen LogP contribution in [0.25, 0.3) is 0 Å². The summed E-state index contributed by atoms with van der Waals surface area (Å²) in [5.41, 5.74) is 0.252. The molecular formula is C6H2Cl5N. The van der Waals surface area contributed by atoms with Crippen LogP contribution < -0.4 is 0 Å². The summed E-state index contributed by atoms with van der Waals surface area (Å²) in [5.74, 6) is 0. The Balaban J connectivity index is 3.14. The van der Waals surface area contributed by atoms with Crippen molar-refractivity contribution in [3.8, 4) is 0 Å². The number of nitrogens with zero attached hydrogens (tertiary/aromatic N) is 1. The largest absolute Gasteiger partial charge is 0.235 e. The number of pyridine rings is 1. The Bertz CT molecular complexity index is 292. The molecule has 1 nitrogen and oxygen atoms in total. The second-order valence-electron chi connectivity index (χ2n) is 1.97. The van der Waals surface area contributed by atoms with Crippen molar-refractivity contribution in [2.24, 2.45) is 0 Å². The van der Waals surface area contributed by atoms with E-state index in [9.17, 15) is 0 Å². The third-order valence-corrected chi connectivity index (χ3v) is 2.36. The standard InChI is InChI=1S/C6H2Cl5N/c7-3-1-2-4(6(9,10)11)12-5(3)8/h1-2H. The second-order valence-corrected chi connectivity index (χ2v) is 5.01. The van der Waals surface area contributed by atoms with Crippen LogP contribution in [0.3, 0.4) is 0 Å². The number of hydrogen-bond acceptors (Lipinski definition) is 1. The highest BCUT2D eigenvalue weighted by Crippen LogP contribution is 2.38. The molecule has 0 aliphatic rings. The zero-order valence-corrected chi connectivity index (χ0v) is 9.27. The molecule has 0 saturated heterocycles. The lowest BCUT2D eigenvalue weighted by Crippen LogP contribution is -2.03. The summed E-state index contributed by atoms with van der Waals surface area (Å²) in [7, 11) is 0. The van der Waals surface area contributed by atoms with Crippen molar-refractivity contribution in [2.45, 2.75) is 3.79 Å². The van der Waals surface area contributed by atoms with Crippen molar-refractivity contribution in [3.05, 3.63) is 28.0 Å². The summed E-state index contributed by atoms with van der Waals surface area (Å²) >= 11 is 27.9. The number of halogens is 5. The Hall–Kier alpha value is 0.600. The minimum atomic E-state index is -1.56. The van der Waals surface area contributed by atoms with Crippen molar-refractivity contribution in [1.82, 2.24) is 4.98 Å². The topological polar surface area (TPSA) is 12.9 Å². The fourth-order valence-electron chi connectivity index (χ4n) is 0.575. The minimum Gasteiger partial charge on any atom is -0.235 e. The van der Waals surface area contributed by atoms with Gasteiger partial charge in [-0.15, -0.1) is 0 Å². The van der Waals surface area contributed by atoms with Crippen LogP contribution in [0.15, 0.2) is 12.1 Å². The third-order valence-electron chi connectivity index (χ3n) is 1.09. The lowest BCUT2D eigenvalue weighted by Gasteiger charge is -2.09. The predicted octanol–water partition coefficient (Wildman–Crippen LogP) is 4.22. The monoisotopic (exact) mass is 263 g/mol. The van der Waals surface area contributed by atoms with Gasteiger partial charge < -0.3 is 0 Å². The van der Waals surface area contributed by atoms with Gasteiger partial charge in [0.25, 0.3) is 0 Å². The second kappa shape index (κ2) is 3.77. The van der Waals surface area contributed by atoms with E-state index in [1.54, 1.807) is 0 Å². The van der Waals surface area contributed by atoms with Crippen LogP contribution in [0, 0.1) is 0 Å². The molecule has 0 unspecified atom stereocenters. The Labute approximate surface area is 94.5 Å².